The zero-order valence-electron chi connectivity index (χ0n) is 21.5. The maximum atomic E-state index is 9.99. The first-order chi connectivity index (χ1) is 15.2. The molecular weight excluding hydrogens is 382 g/mol. The van der Waals surface area contributed by atoms with Crippen molar-refractivity contribution in [2.24, 2.45) is 0 Å². The van der Waals surface area contributed by atoms with Gasteiger partial charge in [0.2, 0.25) is 0 Å². The summed E-state index contributed by atoms with van der Waals surface area (Å²) in [5, 5.41) is 20.0. The molecule has 0 saturated heterocycles. The van der Waals surface area contributed by atoms with Gasteiger partial charge in [-0.3, -0.25) is 0 Å². The quantitative estimate of drug-likeness (QED) is 0.117. The van der Waals surface area contributed by atoms with E-state index in [1.54, 1.807) is 4.90 Å². The van der Waals surface area contributed by atoms with Gasteiger partial charge in [-0.1, -0.05) is 136 Å². The zero-order valence-corrected chi connectivity index (χ0v) is 21.5. The van der Waals surface area contributed by atoms with Crippen molar-refractivity contribution in [3.8, 4) is 0 Å². The second-order valence-electron chi connectivity index (χ2n) is 9.41. The summed E-state index contributed by atoms with van der Waals surface area (Å²) in [4.78, 5) is 1.68. The summed E-state index contributed by atoms with van der Waals surface area (Å²) >= 11 is 0. The minimum absolute atomic E-state index is 0.591. The van der Waals surface area contributed by atoms with Crippen LogP contribution in [0, 0.1) is 0 Å². The Morgan fingerprint density at radius 1 is 0.516 bits per heavy atom. The molecule has 0 aliphatic heterocycles. The smallest absolute Gasteiger partial charge is 0.128 e. The number of hydrogen-bond acceptors (Lipinski definition) is 3. The van der Waals surface area contributed by atoms with Gasteiger partial charge in [-0.15, -0.1) is 0 Å². The molecule has 0 aliphatic carbocycles. The lowest BCUT2D eigenvalue weighted by Gasteiger charge is -2.30. The molecule has 2 unspecified atom stereocenters. The van der Waals surface area contributed by atoms with Gasteiger partial charge in [-0.25, -0.2) is 0 Å². The van der Waals surface area contributed by atoms with Crippen LogP contribution in [0.15, 0.2) is 12.3 Å². The molecule has 0 spiro atoms. The van der Waals surface area contributed by atoms with Gasteiger partial charge >= 0.3 is 0 Å². The van der Waals surface area contributed by atoms with Gasteiger partial charge in [0.15, 0.2) is 0 Å². The van der Waals surface area contributed by atoms with Gasteiger partial charge in [0.25, 0.3) is 0 Å². The van der Waals surface area contributed by atoms with Crippen molar-refractivity contribution in [2.45, 2.75) is 168 Å². The highest BCUT2D eigenvalue weighted by Crippen LogP contribution is 2.15. The minimum atomic E-state index is -0.591. The molecule has 0 fully saturated rings. The summed E-state index contributed by atoms with van der Waals surface area (Å²) in [7, 11) is 0. The van der Waals surface area contributed by atoms with Crippen LogP contribution in [0.5, 0.6) is 0 Å². The molecule has 0 aromatic carbocycles. The van der Waals surface area contributed by atoms with Crippen molar-refractivity contribution in [1.82, 2.24) is 4.90 Å². The van der Waals surface area contributed by atoms with E-state index in [0.717, 1.165) is 6.42 Å². The van der Waals surface area contributed by atoms with Crippen LogP contribution >= 0.6 is 0 Å². The van der Waals surface area contributed by atoms with Crippen LogP contribution in [-0.4, -0.2) is 27.6 Å². The Morgan fingerprint density at radius 3 is 1.16 bits per heavy atom. The van der Waals surface area contributed by atoms with Crippen LogP contribution in [0.2, 0.25) is 0 Å². The maximum Gasteiger partial charge on any atom is 0.128 e. The lowest BCUT2D eigenvalue weighted by Crippen LogP contribution is -2.38. The average Bonchev–Trinajstić information content (AvgIpc) is 2.79. The molecule has 2 N–H and O–H groups in total. The van der Waals surface area contributed by atoms with Gasteiger partial charge in [-0.2, -0.15) is 0 Å². The average molecular weight is 440 g/mol. The van der Waals surface area contributed by atoms with Gasteiger partial charge < -0.3 is 15.1 Å². The highest BCUT2D eigenvalue weighted by atomic mass is 16.3. The molecular formula is C28H57NO2. The standard InChI is InChI=1S/C28H57NO2/c1-4-7-8-9-10-11-12-13-14-15-16-17-18-19-20-21-22-23-24-25-26-29(27(30)5-2)28(31)6-3/h25-28,30-31H,4-24H2,1-3H3. The molecule has 3 nitrogen and oxygen atoms in total. The third kappa shape index (κ3) is 19.8. The minimum Gasteiger partial charge on any atom is -0.374 e. The number of unbranched alkanes of at least 4 members (excludes halogenated alkanes) is 18. The van der Waals surface area contributed by atoms with E-state index in [-0.39, 0.29) is 0 Å². The van der Waals surface area contributed by atoms with Gasteiger partial charge in [0.1, 0.15) is 12.5 Å². The summed E-state index contributed by atoms with van der Waals surface area (Å²) < 4.78 is 0. The molecule has 0 amide bonds. The van der Waals surface area contributed by atoms with E-state index >= 15 is 0 Å². The van der Waals surface area contributed by atoms with Crippen molar-refractivity contribution < 1.29 is 10.2 Å². The molecule has 31 heavy (non-hydrogen) atoms. The molecule has 0 bridgehead atoms. The molecule has 0 aromatic rings. The molecule has 0 rings (SSSR count). The summed E-state index contributed by atoms with van der Waals surface area (Å²) in [5.41, 5.74) is 0. The van der Waals surface area contributed by atoms with Crippen molar-refractivity contribution >= 4 is 0 Å². The maximum absolute atomic E-state index is 9.99. The Bertz CT molecular complexity index is 362. The molecule has 0 heterocycles. The SMILES string of the molecule is CCCCCCCCCCCCCCCCCCCCC=CN(C(O)CC)C(O)CC. The Labute approximate surface area is 195 Å². The van der Waals surface area contributed by atoms with Crippen molar-refractivity contribution in [3.63, 3.8) is 0 Å². The van der Waals surface area contributed by atoms with E-state index in [0.29, 0.717) is 12.8 Å². The van der Waals surface area contributed by atoms with Gasteiger partial charge in [-0.05, 0) is 25.7 Å². The van der Waals surface area contributed by atoms with E-state index in [2.05, 4.69) is 13.0 Å². The van der Waals surface area contributed by atoms with Crippen molar-refractivity contribution in [2.75, 3.05) is 0 Å². The van der Waals surface area contributed by atoms with E-state index in [1.165, 1.54) is 116 Å². The second kappa shape index (κ2) is 24.1. The Balaban J connectivity index is 3.36. The molecule has 0 saturated carbocycles. The summed E-state index contributed by atoms with van der Waals surface area (Å²) in [6.45, 7) is 6.16. The Morgan fingerprint density at radius 2 is 0.839 bits per heavy atom. The third-order valence-corrected chi connectivity index (χ3v) is 6.42. The third-order valence-electron chi connectivity index (χ3n) is 6.42. The summed E-state index contributed by atoms with van der Waals surface area (Å²) in [6, 6.07) is 0. The van der Waals surface area contributed by atoms with Gasteiger partial charge in [0.05, 0.1) is 0 Å². The zero-order chi connectivity index (χ0) is 23.0. The lowest BCUT2D eigenvalue weighted by atomic mass is 10.0. The predicted molar refractivity (Wildman–Crippen MR) is 137 cm³/mol. The van der Waals surface area contributed by atoms with E-state index in [1.807, 2.05) is 20.0 Å². The van der Waals surface area contributed by atoms with E-state index in [9.17, 15) is 10.2 Å². The lowest BCUT2D eigenvalue weighted by molar-refractivity contribution is -0.0725. The largest absolute Gasteiger partial charge is 0.374 e. The highest BCUT2D eigenvalue weighted by Gasteiger charge is 2.16. The van der Waals surface area contributed by atoms with Crippen LogP contribution in [0.4, 0.5) is 0 Å². The van der Waals surface area contributed by atoms with Crippen LogP contribution in [0.25, 0.3) is 0 Å². The van der Waals surface area contributed by atoms with Crippen LogP contribution in [0.3, 0.4) is 0 Å². The van der Waals surface area contributed by atoms with Crippen LogP contribution in [-0.2, 0) is 0 Å². The molecule has 0 aliphatic rings. The first-order valence-corrected chi connectivity index (χ1v) is 14.0. The van der Waals surface area contributed by atoms with E-state index < -0.39 is 12.5 Å². The number of nitrogens with zero attached hydrogens (tertiary/aromatic N) is 1. The summed E-state index contributed by atoms with van der Waals surface area (Å²) in [5.74, 6) is 0. The number of hydrogen-bond donors (Lipinski definition) is 2. The fourth-order valence-electron chi connectivity index (χ4n) is 4.18. The van der Waals surface area contributed by atoms with Crippen LogP contribution in [0.1, 0.15) is 156 Å². The fraction of sp³-hybridized carbons (Fsp3) is 0.929. The molecule has 186 valence electrons. The first kappa shape index (κ1) is 30.5. The summed E-state index contributed by atoms with van der Waals surface area (Å²) in [6.07, 6.45) is 30.3. The predicted octanol–water partition coefficient (Wildman–Crippen LogP) is 8.69. The number of aliphatic hydroxyl groups excluding tert-OH is 2. The molecule has 0 radical (unpaired) electrons. The van der Waals surface area contributed by atoms with Crippen molar-refractivity contribution in [1.29, 1.82) is 0 Å². The monoisotopic (exact) mass is 439 g/mol. The van der Waals surface area contributed by atoms with Crippen LogP contribution < -0.4 is 0 Å². The normalized spacial score (nSPS) is 13.7. The van der Waals surface area contributed by atoms with Crippen molar-refractivity contribution in [3.05, 3.63) is 12.3 Å². The fourth-order valence-corrected chi connectivity index (χ4v) is 4.18. The number of allylic oxidation sites excluding steroid dienone is 1. The Hall–Kier alpha value is -0.540. The Kier molecular flexibility index (Phi) is 23.7. The van der Waals surface area contributed by atoms with E-state index in [4.69, 9.17) is 0 Å². The molecule has 2 atom stereocenters. The number of aliphatic hydroxyl groups is 2. The van der Waals surface area contributed by atoms with Gasteiger partial charge in [0, 0.05) is 6.20 Å². The number of rotatable bonds is 24. The molecule has 0 aromatic heterocycles. The molecule has 3 heteroatoms. The topological polar surface area (TPSA) is 43.7 Å². The first-order valence-electron chi connectivity index (χ1n) is 14.0. The highest BCUT2D eigenvalue weighted by molar-refractivity contribution is 4.85. The second-order valence-corrected chi connectivity index (χ2v) is 9.41.